The van der Waals surface area contributed by atoms with Crippen LogP contribution < -0.4 is 0 Å². The second-order valence-electron chi connectivity index (χ2n) is 3.78. The Bertz CT molecular complexity index is 564. The lowest BCUT2D eigenvalue weighted by molar-refractivity contribution is -0.142. The molecule has 4 amide bonds. The van der Waals surface area contributed by atoms with Crippen molar-refractivity contribution in [2.45, 2.75) is 0 Å². The molecule has 0 aliphatic carbocycles. The molecular formula is C12H10N2O4S. The summed E-state index contributed by atoms with van der Waals surface area (Å²) in [5.74, 6) is -2.27. The molecule has 19 heavy (non-hydrogen) atoms. The molecule has 0 saturated carbocycles. The fraction of sp³-hybridized carbons (Fsp3) is 0.167. The third kappa shape index (κ3) is 2.32. The van der Waals surface area contributed by atoms with Gasteiger partial charge in [0.05, 0.1) is 11.4 Å². The summed E-state index contributed by atoms with van der Waals surface area (Å²) in [6, 6.07) is 2.52. The summed E-state index contributed by atoms with van der Waals surface area (Å²) >= 11 is 1.22. The maximum atomic E-state index is 11.8. The van der Waals surface area contributed by atoms with Gasteiger partial charge in [-0.1, -0.05) is 12.1 Å². The van der Waals surface area contributed by atoms with Crippen LogP contribution in [0.5, 0.6) is 0 Å². The molecule has 0 unspecified atom stereocenters. The minimum atomic E-state index is -0.975. The standard InChI is InChI=1S/C12H10N2O4S/c1-2-5-13-10(16)11(17)14(12(13)18)7-8(15)9-4-3-6-19-9/h2-4,6H,1,5,7H2. The van der Waals surface area contributed by atoms with E-state index in [4.69, 9.17) is 0 Å². The Morgan fingerprint density at radius 3 is 2.53 bits per heavy atom. The van der Waals surface area contributed by atoms with Gasteiger partial charge in [-0.3, -0.25) is 19.3 Å². The van der Waals surface area contributed by atoms with Gasteiger partial charge in [0.25, 0.3) is 0 Å². The van der Waals surface area contributed by atoms with Crippen molar-refractivity contribution in [2.75, 3.05) is 13.1 Å². The first kappa shape index (κ1) is 13.2. The summed E-state index contributed by atoms with van der Waals surface area (Å²) in [6.07, 6.45) is 1.34. The molecule has 0 N–H and O–H groups in total. The number of carbonyl (C=O) groups excluding carboxylic acids is 4. The SMILES string of the molecule is C=CCN1C(=O)C(=O)N(CC(=O)c2cccs2)C1=O. The van der Waals surface area contributed by atoms with Gasteiger partial charge >= 0.3 is 17.8 Å². The van der Waals surface area contributed by atoms with Crippen LogP contribution in [0, 0.1) is 0 Å². The molecular weight excluding hydrogens is 268 g/mol. The van der Waals surface area contributed by atoms with Gasteiger partial charge in [0.1, 0.15) is 0 Å². The van der Waals surface area contributed by atoms with Crippen molar-refractivity contribution in [2.24, 2.45) is 0 Å². The van der Waals surface area contributed by atoms with Crippen LogP contribution >= 0.6 is 11.3 Å². The van der Waals surface area contributed by atoms with Gasteiger partial charge in [-0.2, -0.15) is 0 Å². The number of imide groups is 2. The van der Waals surface area contributed by atoms with Crippen LogP contribution in [0.4, 0.5) is 4.79 Å². The lowest BCUT2D eigenvalue weighted by Gasteiger charge is -2.12. The zero-order chi connectivity index (χ0) is 14.0. The minimum absolute atomic E-state index is 0.0485. The van der Waals surface area contributed by atoms with Crippen LogP contribution in [0.3, 0.4) is 0 Å². The van der Waals surface area contributed by atoms with Crippen molar-refractivity contribution in [1.82, 2.24) is 9.80 Å². The average Bonchev–Trinajstić information content (AvgIpc) is 2.98. The maximum Gasteiger partial charge on any atom is 0.334 e. The molecule has 1 saturated heterocycles. The predicted octanol–water partition coefficient (Wildman–Crippen LogP) is 0.908. The van der Waals surface area contributed by atoms with Crippen LogP contribution in [0.1, 0.15) is 9.67 Å². The summed E-state index contributed by atoms with van der Waals surface area (Å²) in [5.41, 5.74) is 0. The topological polar surface area (TPSA) is 74.8 Å². The van der Waals surface area contributed by atoms with Gasteiger partial charge in [-0.15, -0.1) is 17.9 Å². The smallest absolute Gasteiger partial charge is 0.291 e. The quantitative estimate of drug-likeness (QED) is 0.347. The van der Waals surface area contributed by atoms with Gasteiger partial charge in [-0.05, 0) is 11.4 Å². The number of amides is 4. The molecule has 6 nitrogen and oxygen atoms in total. The van der Waals surface area contributed by atoms with Crippen LogP contribution in [-0.4, -0.2) is 46.5 Å². The van der Waals surface area contributed by atoms with Gasteiger partial charge in [0, 0.05) is 6.54 Å². The predicted molar refractivity (Wildman–Crippen MR) is 67.7 cm³/mol. The van der Waals surface area contributed by atoms with E-state index in [0.717, 1.165) is 4.90 Å². The van der Waals surface area contributed by atoms with E-state index in [2.05, 4.69) is 6.58 Å². The lowest BCUT2D eigenvalue weighted by Crippen LogP contribution is -2.36. The highest BCUT2D eigenvalue weighted by molar-refractivity contribution is 7.12. The van der Waals surface area contributed by atoms with E-state index in [1.165, 1.54) is 17.4 Å². The largest absolute Gasteiger partial charge is 0.334 e. The number of urea groups is 1. The minimum Gasteiger partial charge on any atom is -0.291 e. The second-order valence-corrected chi connectivity index (χ2v) is 4.73. The molecule has 1 aliphatic heterocycles. The fourth-order valence-electron chi connectivity index (χ4n) is 1.64. The molecule has 7 heteroatoms. The van der Waals surface area contributed by atoms with E-state index in [-0.39, 0.29) is 12.3 Å². The van der Waals surface area contributed by atoms with Crippen molar-refractivity contribution < 1.29 is 19.2 Å². The average molecular weight is 278 g/mol. The number of hydrogen-bond donors (Lipinski definition) is 0. The van der Waals surface area contributed by atoms with E-state index in [0.29, 0.717) is 9.78 Å². The number of ketones is 1. The molecule has 98 valence electrons. The van der Waals surface area contributed by atoms with Gasteiger partial charge < -0.3 is 0 Å². The monoisotopic (exact) mass is 278 g/mol. The van der Waals surface area contributed by atoms with E-state index in [9.17, 15) is 19.2 Å². The van der Waals surface area contributed by atoms with Crippen molar-refractivity contribution in [3.8, 4) is 0 Å². The molecule has 1 aromatic heterocycles. The number of thiophene rings is 1. The maximum absolute atomic E-state index is 11.8. The molecule has 0 spiro atoms. The first-order chi connectivity index (χ1) is 9.06. The molecule has 0 atom stereocenters. The molecule has 1 fully saturated rings. The summed E-state index contributed by atoms with van der Waals surface area (Å²) in [6.45, 7) is 2.94. The summed E-state index contributed by atoms with van der Waals surface area (Å²) in [4.78, 5) is 48.7. The van der Waals surface area contributed by atoms with Crippen molar-refractivity contribution in [3.05, 3.63) is 35.0 Å². The second kappa shape index (κ2) is 5.15. The zero-order valence-corrected chi connectivity index (χ0v) is 10.7. The Morgan fingerprint density at radius 1 is 1.26 bits per heavy atom. The van der Waals surface area contributed by atoms with Crippen LogP contribution in [0.2, 0.25) is 0 Å². The highest BCUT2D eigenvalue weighted by Crippen LogP contribution is 2.15. The van der Waals surface area contributed by atoms with Gasteiger partial charge in [-0.25, -0.2) is 9.69 Å². The molecule has 1 aromatic rings. The summed E-state index contributed by atoms with van der Waals surface area (Å²) < 4.78 is 0. The first-order valence-corrected chi connectivity index (χ1v) is 6.29. The fourth-order valence-corrected chi connectivity index (χ4v) is 2.30. The highest BCUT2D eigenvalue weighted by atomic mass is 32.1. The molecule has 2 rings (SSSR count). The Kier molecular flexibility index (Phi) is 3.57. The van der Waals surface area contributed by atoms with E-state index in [1.54, 1.807) is 17.5 Å². The molecule has 0 aromatic carbocycles. The Balaban J connectivity index is 2.15. The van der Waals surface area contributed by atoms with Crippen molar-refractivity contribution in [3.63, 3.8) is 0 Å². The zero-order valence-electron chi connectivity index (χ0n) is 9.87. The van der Waals surface area contributed by atoms with Crippen molar-refractivity contribution >= 4 is 35.0 Å². The normalized spacial score (nSPS) is 15.3. The molecule has 2 heterocycles. The van der Waals surface area contributed by atoms with Crippen LogP contribution in [0.25, 0.3) is 0 Å². The Morgan fingerprint density at radius 2 is 1.95 bits per heavy atom. The Labute approximate surface area is 112 Å². The molecule has 0 bridgehead atoms. The first-order valence-electron chi connectivity index (χ1n) is 5.41. The van der Waals surface area contributed by atoms with E-state index >= 15 is 0 Å². The van der Waals surface area contributed by atoms with Crippen LogP contribution in [0.15, 0.2) is 30.2 Å². The molecule has 1 aliphatic rings. The van der Waals surface area contributed by atoms with Crippen LogP contribution in [-0.2, 0) is 9.59 Å². The third-order valence-corrected chi connectivity index (χ3v) is 3.46. The number of hydrogen-bond acceptors (Lipinski definition) is 5. The number of nitrogens with zero attached hydrogens (tertiary/aromatic N) is 2. The van der Waals surface area contributed by atoms with Gasteiger partial charge in [0.2, 0.25) is 0 Å². The third-order valence-electron chi connectivity index (χ3n) is 2.54. The number of rotatable bonds is 5. The molecule has 0 radical (unpaired) electrons. The highest BCUT2D eigenvalue weighted by Gasteiger charge is 2.44. The van der Waals surface area contributed by atoms with Gasteiger partial charge in [0.15, 0.2) is 5.78 Å². The van der Waals surface area contributed by atoms with E-state index < -0.39 is 24.4 Å². The summed E-state index contributed by atoms with van der Waals surface area (Å²) in [7, 11) is 0. The lowest BCUT2D eigenvalue weighted by atomic mass is 10.3. The summed E-state index contributed by atoms with van der Waals surface area (Å²) in [5, 5.41) is 1.72. The van der Waals surface area contributed by atoms with Crippen molar-refractivity contribution in [1.29, 1.82) is 0 Å². The number of Topliss-reactive ketones (excluding diaryl/α,β-unsaturated/α-hetero) is 1. The Hall–Kier alpha value is -2.28. The van der Waals surface area contributed by atoms with E-state index in [1.807, 2.05) is 0 Å². The number of carbonyl (C=O) groups is 4.